The first kappa shape index (κ1) is 20.3. The fourth-order valence-electron chi connectivity index (χ4n) is 4.49. The number of aromatic nitrogens is 4. The predicted molar refractivity (Wildman–Crippen MR) is 126 cm³/mol. The van der Waals surface area contributed by atoms with Crippen molar-refractivity contribution in [3.05, 3.63) is 64.4 Å². The van der Waals surface area contributed by atoms with Crippen LogP contribution in [0.25, 0.3) is 22.4 Å². The third-order valence-electron chi connectivity index (χ3n) is 6.29. The number of hydrogen-bond donors (Lipinski definition) is 0. The maximum Gasteiger partial charge on any atom is 0.267 e. The number of para-hydroxylation sites is 1. The van der Waals surface area contributed by atoms with Crippen molar-refractivity contribution in [3.8, 4) is 5.69 Å². The smallest absolute Gasteiger partial charge is 0.267 e. The molecule has 1 aliphatic rings. The van der Waals surface area contributed by atoms with Crippen LogP contribution in [0.5, 0.6) is 0 Å². The highest BCUT2D eigenvalue weighted by molar-refractivity contribution is 7.99. The molecule has 0 bridgehead atoms. The monoisotopic (exact) mass is 433 g/mol. The Kier molecular flexibility index (Phi) is 5.54. The Morgan fingerprint density at radius 2 is 1.87 bits per heavy atom. The van der Waals surface area contributed by atoms with Gasteiger partial charge in [0.05, 0.1) is 16.6 Å². The Morgan fingerprint density at radius 1 is 1.06 bits per heavy atom. The normalized spacial score (nSPS) is 17.5. The zero-order chi connectivity index (χ0) is 21.4. The zero-order valence-corrected chi connectivity index (χ0v) is 18.8. The van der Waals surface area contributed by atoms with Crippen molar-refractivity contribution in [2.45, 2.75) is 43.8 Å². The van der Waals surface area contributed by atoms with Gasteiger partial charge < -0.3 is 4.90 Å². The van der Waals surface area contributed by atoms with Crippen molar-refractivity contribution < 1.29 is 0 Å². The number of fused-ring (bicyclic) bond motifs is 3. The maximum absolute atomic E-state index is 13.4. The maximum atomic E-state index is 13.4. The summed E-state index contributed by atoms with van der Waals surface area (Å²) in [7, 11) is 2.23. The molecular formula is C24H27N5OS. The van der Waals surface area contributed by atoms with Crippen LogP contribution in [0.15, 0.2) is 58.5 Å². The zero-order valence-electron chi connectivity index (χ0n) is 18.0. The van der Waals surface area contributed by atoms with E-state index in [1.807, 2.05) is 59.9 Å². The lowest BCUT2D eigenvalue weighted by Crippen LogP contribution is -2.36. The van der Waals surface area contributed by atoms with E-state index in [1.165, 1.54) is 25.8 Å². The molecule has 2 aromatic carbocycles. The number of aryl methyl sites for hydroxylation is 1. The summed E-state index contributed by atoms with van der Waals surface area (Å²) in [4.78, 5) is 15.8. The first-order chi connectivity index (χ1) is 15.1. The van der Waals surface area contributed by atoms with E-state index in [0.717, 1.165) is 34.1 Å². The van der Waals surface area contributed by atoms with Crippen LogP contribution in [0, 0.1) is 6.92 Å². The predicted octanol–water partition coefficient (Wildman–Crippen LogP) is 4.31. The van der Waals surface area contributed by atoms with Crippen LogP contribution >= 0.6 is 11.8 Å². The van der Waals surface area contributed by atoms with Gasteiger partial charge in [0.15, 0.2) is 5.16 Å². The number of benzene rings is 2. The number of hydrogen-bond acceptors (Lipinski definition) is 5. The molecule has 1 unspecified atom stereocenters. The van der Waals surface area contributed by atoms with Crippen LogP contribution in [0.3, 0.4) is 0 Å². The van der Waals surface area contributed by atoms with E-state index in [4.69, 9.17) is 0 Å². The fourth-order valence-corrected chi connectivity index (χ4v) is 5.47. The molecule has 1 saturated heterocycles. The lowest BCUT2D eigenvalue weighted by atomic mass is 10.0. The second-order valence-electron chi connectivity index (χ2n) is 8.38. The standard InChI is InChI=1S/C24H27N5OS/c1-17-10-12-19(13-11-17)28-22(30)20-8-3-4-9-21(20)29-23(28)25-26-24(29)31-16-14-18-7-5-6-15-27(18)2/h3-4,8-13,18H,5-7,14-16H2,1-2H3. The SMILES string of the molecule is Cc1ccc(-n2c(=O)c3ccccc3n3c(SCCC4CCCCN4C)nnc23)cc1. The van der Waals surface area contributed by atoms with Gasteiger partial charge in [0.2, 0.25) is 5.78 Å². The van der Waals surface area contributed by atoms with E-state index in [-0.39, 0.29) is 5.56 Å². The number of rotatable bonds is 5. The molecule has 4 aromatic rings. The minimum absolute atomic E-state index is 0.0697. The third kappa shape index (κ3) is 3.77. The molecule has 0 amide bonds. The summed E-state index contributed by atoms with van der Waals surface area (Å²) in [6.07, 6.45) is 5.03. The number of piperidine rings is 1. The molecule has 31 heavy (non-hydrogen) atoms. The molecule has 160 valence electrons. The van der Waals surface area contributed by atoms with E-state index in [0.29, 0.717) is 17.2 Å². The average molecular weight is 434 g/mol. The Labute approximate surface area is 185 Å². The summed E-state index contributed by atoms with van der Waals surface area (Å²) in [6, 6.07) is 16.3. The number of likely N-dealkylation sites (tertiary alicyclic amines) is 1. The quantitative estimate of drug-likeness (QED) is 0.439. The summed E-state index contributed by atoms with van der Waals surface area (Å²) in [5.74, 6) is 1.54. The lowest BCUT2D eigenvalue weighted by molar-refractivity contribution is 0.182. The van der Waals surface area contributed by atoms with Gasteiger partial charge in [0, 0.05) is 11.8 Å². The number of nitrogens with zero attached hydrogens (tertiary/aromatic N) is 5. The minimum atomic E-state index is -0.0697. The Balaban J connectivity index is 1.56. The molecule has 1 fully saturated rings. The summed E-state index contributed by atoms with van der Waals surface area (Å²) in [6.45, 7) is 3.23. The summed E-state index contributed by atoms with van der Waals surface area (Å²) >= 11 is 1.73. The van der Waals surface area contributed by atoms with Gasteiger partial charge in [-0.15, -0.1) is 10.2 Å². The molecule has 0 saturated carbocycles. The van der Waals surface area contributed by atoms with Gasteiger partial charge in [0.1, 0.15) is 0 Å². The van der Waals surface area contributed by atoms with Gasteiger partial charge in [0.25, 0.3) is 5.56 Å². The Morgan fingerprint density at radius 3 is 2.68 bits per heavy atom. The Hall–Kier alpha value is -2.64. The van der Waals surface area contributed by atoms with E-state index in [2.05, 4.69) is 22.1 Å². The van der Waals surface area contributed by atoms with E-state index in [1.54, 1.807) is 16.3 Å². The van der Waals surface area contributed by atoms with Crippen LogP contribution < -0.4 is 5.56 Å². The van der Waals surface area contributed by atoms with Crippen molar-refractivity contribution >= 4 is 28.4 Å². The van der Waals surface area contributed by atoms with Gasteiger partial charge in [-0.3, -0.25) is 9.20 Å². The molecule has 1 atom stereocenters. The van der Waals surface area contributed by atoms with Crippen molar-refractivity contribution in [3.63, 3.8) is 0 Å². The van der Waals surface area contributed by atoms with Gasteiger partial charge in [-0.05, 0) is 64.0 Å². The van der Waals surface area contributed by atoms with Crippen LogP contribution in [-0.4, -0.2) is 49.5 Å². The molecule has 0 aliphatic carbocycles. The molecule has 1 aliphatic heterocycles. The molecule has 6 nitrogen and oxygen atoms in total. The first-order valence-corrected chi connectivity index (χ1v) is 11.9. The first-order valence-electron chi connectivity index (χ1n) is 10.9. The highest BCUT2D eigenvalue weighted by Gasteiger charge is 2.20. The van der Waals surface area contributed by atoms with Crippen molar-refractivity contribution in [2.75, 3.05) is 19.3 Å². The van der Waals surface area contributed by atoms with E-state index < -0.39 is 0 Å². The van der Waals surface area contributed by atoms with Gasteiger partial charge >= 0.3 is 0 Å². The van der Waals surface area contributed by atoms with Crippen LogP contribution in [0.4, 0.5) is 0 Å². The third-order valence-corrected chi connectivity index (χ3v) is 7.25. The van der Waals surface area contributed by atoms with Crippen LogP contribution in [-0.2, 0) is 0 Å². The molecule has 3 heterocycles. The van der Waals surface area contributed by atoms with Crippen molar-refractivity contribution in [2.24, 2.45) is 0 Å². The second kappa shape index (κ2) is 8.48. The highest BCUT2D eigenvalue weighted by Crippen LogP contribution is 2.26. The molecular weight excluding hydrogens is 406 g/mol. The molecule has 0 spiro atoms. The molecule has 0 radical (unpaired) electrons. The minimum Gasteiger partial charge on any atom is -0.303 e. The largest absolute Gasteiger partial charge is 0.303 e. The van der Waals surface area contributed by atoms with Crippen LogP contribution in [0.1, 0.15) is 31.2 Å². The summed E-state index contributed by atoms with van der Waals surface area (Å²) in [5.41, 5.74) is 2.74. The molecule has 0 N–H and O–H groups in total. The van der Waals surface area contributed by atoms with Crippen LogP contribution in [0.2, 0.25) is 0 Å². The Bertz CT molecular complexity index is 1280. The topological polar surface area (TPSA) is 55.4 Å². The van der Waals surface area contributed by atoms with Gasteiger partial charge in [-0.2, -0.15) is 0 Å². The lowest BCUT2D eigenvalue weighted by Gasteiger charge is -2.32. The van der Waals surface area contributed by atoms with Crippen molar-refractivity contribution in [1.29, 1.82) is 0 Å². The highest BCUT2D eigenvalue weighted by atomic mass is 32.2. The van der Waals surface area contributed by atoms with Gasteiger partial charge in [-0.25, -0.2) is 4.57 Å². The van der Waals surface area contributed by atoms with Gasteiger partial charge in [-0.1, -0.05) is 48.0 Å². The second-order valence-corrected chi connectivity index (χ2v) is 9.44. The van der Waals surface area contributed by atoms with E-state index >= 15 is 0 Å². The summed E-state index contributed by atoms with van der Waals surface area (Å²) < 4.78 is 3.71. The molecule has 5 rings (SSSR count). The molecule has 2 aromatic heterocycles. The summed E-state index contributed by atoms with van der Waals surface area (Å²) in [5, 5.41) is 10.5. The average Bonchev–Trinajstić information content (AvgIpc) is 3.20. The van der Waals surface area contributed by atoms with E-state index in [9.17, 15) is 4.79 Å². The number of thioether (sulfide) groups is 1. The molecule has 7 heteroatoms. The van der Waals surface area contributed by atoms with Crippen molar-refractivity contribution in [1.82, 2.24) is 24.1 Å². The fraction of sp³-hybridized carbons (Fsp3) is 0.375.